The van der Waals surface area contributed by atoms with Gasteiger partial charge in [0.25, 0.3) is 0 Å². The maximum atomic E-state index is 12.8. The Hall–Kier alpha value is -6.59. The first-order chi connectivity index (χ1) is 38.3. The second-order valence-corrected chi connectivity index (χ2v) is 22.3. The molecule has 20 nitrogen and oxygen atoms in total. The SMILES string of the molecule is CO[C@@H]1CCN(C(=O)Nc2ccc(C)c(-c3cc(-c4cnn(C)c4)nc(N4CCOCC4)c3)c2)C1.CO[C@@H]1CCN(C(=O)Nc2ccc(C)c(B3OC(C)(C)C(C)(C)O3)c2)C1.Cn1cc(-c2cc(Cl)cc(N3CCOCC3)n2)cn1. The van der Waals surface area contributed by atoms with Crippen LogP contribution in [0.15, 0.2) is 85.5 Å². The number of hydrogen-bond donors (Lipinski definition) is 2. The monoisotopic (exact) mass is 1110 g/mol. The number of hydrogen-bond acceptors (Lipinski definition) is 14. The van der Waals surface area contributed by atoms with Gasteiger partial charge in [0, 0.05) is 121 Å². The van der Waals surface area contributed by atoms with Crippen LogP contribution < -0.4 is 25.9 Å². The van der Waals surface area contributed by atoms with Gasteiger partial charge in [0.15, 0.2) is 0 Å². The van der Waals surface area contributed by atoms with Crippen LogP contribution in [0, 0.1) is 13.8 Å². The van der Waals surface area contributed by atoms with Crippen molar-refractivity contribution < 1.29 is 37.8 Å². The summed E-state index contributed by atoms with van der Waals surface area (Å²) in [6.45, 7) is 21.0. The number of halogens is 1. The Balaban J connectivity index is 0.000000152. The first-order valence-electron chi connectivity index (χ1n) is 27.4. The molecular formula is C58H76BClN12O8. The zero-order valence-electron chi connectivity index (χ0n) is 47.8. The van der Waals surface area contributed by atoms with Gasteiger partial charge in [-0.15, -0.1) is 0 Å². The molecule has 0 unspecified atom stereocenters. The molecule has 11 rings (SSSR count). The largest absolute Gasteiger partial charge is 0.495 e. The van der Waals surface area contributed by atoms with Gasteiger partial charge in [0.2, 0.25) is 0 Å². The molecule has 4 aromatic heterocycles. The van der Waals surface area contributed by atoms with E-state index in [1.807, 2.05) is 116 Å². The van der Waals surface area contributed by atoms with Crippen LogP contribution in [0.1, 0.15) is 51.7 Å². The molecule has 6 aromatic rings. The van der Waals surface area contributed by atoms with E-state index in [9.17, 15) is 9.59 Å². The van der Waals surface area contributed by atoms with E-state index in [1.165, 1.54) is 0 Å². The van der Waals surface area contributed by atoms with Gasteiger partial charge < -0.3 is 58.5 Å². The van der Waals surface area contributed by atoms with Crippen LogP contribution in [0.3, 0.4) is 0 Å². The molecular weight excluding hydrogens is 1040 g/mol. The third-order valence-corrected chi connectivity index (χ3v) is 15.8. The molecule has 9 heterocycles. The second-order valence-electron chi connectivity index (χ2n) is 21.9. The fourth-order valence-corrected chi connectivity index (χ4v) is 10.2. The van der Waals surface area contributed by atoms with Gasteiger partial charge in [-0.1, -0.05) is 29.3 Å². The van der Waals surface area contributed by atoms with Crippen molar-refractivity contribution in [3.05, 3.63) is 102 Å². The third kappa shape index (κ3) is 14.1. The van der Waals surface area contributed by atoms with Crippen LogP contribution in [-0.2, 0) is 42.4 Å². The Morgan fingerprint density at radius 1 is 0.625 bits per heavy atom. The molecule has 0 radical (unpaired) electrons. The van der Waals surface area contributed by atoms with Gasteiger partial charge in [0.05, 0.1) is 73.6 Å². The molecule has 2 N–H and O–H groups in total. The van der Waals surface area contributed by atoms with E-state index in [4.69, 9.17) is 44.8 Å². The number of aryl methyl sites for hydroxylation is 4. The lowest BCUT2D eigenvalue weighted by Gasteiger charge is -2.32. The quantitative estimate of drug-likeness (QED) is 0.125. The van der Waals surface area contributed by atoms with Gasteiger partial charge in [-0.25, -0.2) is 19.6 Å². The number of carbonyl (C=O) groups is 2. The van der Waals surface area contributed by atoms with E-state index in [-0.39, 0.29) is 24.3 Å². The van der Waals surface area contributed by atoms with E-state index < -0.39 is 18.3 Å². The predicted molar refractivity (Wildman–Crippen MR) is 313 cm³/mol. The molecule has 5 aliphatic heterocycles. The summed E-state index contributed by atoms with van der Waals surface area (Å²) in [6.07, 6.45) is 9.50. The van der Waals surface area contributed by atoms with Crippen LogP contribution >= 0.6 is 11.6 Å². The summed E-state index contributed by atoms with van der Waals surface area (Å²) in [6, 6.07) is 19.7. The van der Waals surface area contributed by atoms with Gasteiger partial charge >= 0.3 is 19.2 Å². The summed E-state index contributed by atoms with van der Waals surface area (Å²) < 4.78 is 37.5. The molecule has 80 heavy (non-hydrogen) atoms. The standard InChI is InChI=1S/C26H32N6O3.C19H29BN2O4.C13H15ClN4O/c1-18-4-5-21(28-26(33)32-7-6-22(17-32)34-3)14-23(18)19-12-24(20-15-27-30(2)16-20)29-25(13-19)31-8-10-35-11-9-31;1-13-7-8-14(21-17(23)22-10-9-15(12-22)24-6)11-16(13)20-25-18(2,3)19(4,5)26-20;1-17-9-10(8-15-17)12-6-11(14)7-13(16-12)18-2-4-19-5-3-18/h4-5,12-16,22H,6-11,17H2,1-3H3,(H,28,33);7-8,11,15H,9-10,12H2,1-6H3,(H,21,23);6-9H,2-5H2,1H3/t22-;15-;/m11./s1. The van der Waals surface area contributed by atoms with E-state index >= 15 is 0 Å². The maximum absolute atomic E-state index is 12.8. The highest BCUT2D eigenvalue weighted by Crippen LogP contribution is 2.37. The maximum Gasteiger partial charge on any atom is 0.495 e. The lowest BCUT2D eigenvalue weighted by atomic mass is 9.76. The van der Waals surface area contributed by atoms with Gasteiger partial charge in [-0.2, -0.15) is 10.2 Å². The molecule has 0 spiro atoms. The van der Waals surface area contributed by atoms with Crippen LogP contribution in [0.5, 0.6) is 0 Å². The number of benzene rings is 2. The Bertz CT molecular complexity index is 3090. The summed E-state index contributed by atoms with van der Waals surface area (Å²) in [7, 11) is 6.72. The number of likely N-dealkylation sites (tertiary alicyclic amines) is 2. The second kappa shape index (κ2) is 25.5. The molecule has 22 heteroatoms. The number of anilines is 4. The number of ether oxygens (including phenoxy) is 4. The zero-order chi connectivity index (χ0) is 56.7. The molecule has 2 aromatic carbocycles. The Labute approximate surface area is 475 Å². The van der Waals surface area contributed by atoms with Crippen molar-refractivity contribution in [3.63, 3.8) is 0 Å². The number of rotatable bonds is 10. The molecule has 426 valence electrons. The van der Waals surface area contributed by atoms with Gasteiger partial charge in [0.1, 0.15) is 11.6 Å². The summed E-state index contributed by atoms with van der Waals surface area (Å²) >= 11 is 6.20. The smallest absolute Gasteiger partial charge is 0.399 e. The normalized spacial score (nSPS) is 19.6. The average molecular weight is 1120 g/mol. The molecule has 2 atom stereocenters. The van der Waals surface area contributed by atoms with Crippen molar-refractivity contribution in [1.29, 1.82) is 0 Å². The number of methoxy groups -OCH3 is 2. The minimum absolute atomic E-state index is 0.0980. The van der Waals surface area contributed by atoms with E-state index in [1.54, 1.807) is 39.6 Å². The molecule has 0 saturated carbocycles. The van der Waals surface area contributed by atoms with Crippen LogP contribution in [0.25, 0.3) is 33.6 Å². The van der Waals surface area contributed by atoms with Crippen LogP contribution in [0.4, 0.5) is 32.6 Å². The number of nitrogens with one attached hydrogen (secondary N) is 2. The van der Waals surface area contributed by atoms with Crippen molar-refractivity contribution in [1.82, 2.24) is 39.3 Å². The molecule has 5 aliphatic rings. The van der Waals surface area contributed by atoms with Crippen molar-refractivity contribution in [2.45, 2.75) is 77.8 Å². The van der Waals surface area contributed by atoms with Crippen molar-refractivity contribution in [2.75, 3.05) is 113 Å². The number of amides is 4. The highest BCUT2D eigenvalue weighted by atomic mass is 35.5. The Morgan fingerprint density at radius 2 is 1.10 bits per heavy atom. The Kier molecular flexibility index (Phi) is 18.5. The van der Waals surface area contributed by atoms with Crippen molar-refractivity contribution >= 4 is 59.3 Å². The molecule has 5 fully saturated rings. The number of morpholine rings is 2. The fourth-order valence-electron chi connectivity index (χ4n) is 10.0. The number of carbonyl (C=O) groups excluding carboxylic acids is 2. The molecule has 0 bridgehead atoms. The van der Waals surface area contributed by atoms with Crippen molar-refractivity contribution in [3.8, 4) is 33.6 Å². The average Bonchev–Trinajstić information content (AvgIpc) is 4.33. The first kappa shape index (κ1) is 58.1. The number of nitrogens with zero attached hydrogens (tertiary/aromatic N) is 10. The van der Waals surface area contributed by atoms with Crippen LogP contribution in [-0.4, -0.2) is 175 Å². The molecule has 5 saturated heterocycles. The number of urea groups is 2. The summed E-state index contributed by atoms with van der Waals surface area (Å²) in [5, 5.41) is 15.2. The highest BCUT2D eigenvalue weighted by molar-refractivity contribution is 6.62. The van der Waals surface area contributed by atoms with E-state index in [0.717, 1.165) is 125 Å². The lowest BCUT2D eigenvalue weighted by molar-refractivity contribution is 0.00578. The Morgan fingerprint density at radius 3 is 1.57 bits per heavy atom. The topological polar surface area (TPSA) is 188 Å². The fraction of sp³-hybridized carbons (Fsp3) is 0.483. The molecule has 4 amide bonds. The first-order valence-corrected chi connectivity index (χ1v) is 27.8. The number of aromatic nitrogens is 6. The van der Waals surface area contributed by atoms with E-state index in [2.05, 4.69) is 54.7 Å². The molecule has 0 aliphatic carbocycles. The summed E-state index contributed by atoms with van der Waals surface area (Å²) in [4.78, 5) is 43.0. The lowest BCUT2D eigenvalue weighted by Crippen LogP contribution is -2.41. The minimum atomic E-state index is -0.443. The minimum Gasteiger partial charge on any atom is -0.399 e. The predicted octanol–water partition coefficient (Wildman–Crippen LogP) is 8.07. The zero-order valence-corrected chi connectivity index (χ0v) is 48.6. The van der Waals surface area contributed by atoms with Crippen LogP contribution in [0.2, 0.25) is 5.02 Å². The summed E-state index contributed by atoms with van der Waals surface area (Å²) in [5.74, 6) is 1.82. The third-order valence-electron chi connectivity index (χ3n) is 15.6. The van der Waals surface area contributed by atoms with Gasteiger partial charge in [-0.3, -0.25) is 9.36 Å². The summed E-state index contributed by atoms with van der Waals surface area (Å²) in [5.41, 5.74) is 9.62. The highest BCUT2D eigenvalue weighted by Gasteiger charge is 2.52. The number of pyridine rings is 2. The van der Waals surface area contributed by atoms with E-state index in [0.29, 0.717) is 44.4 Å². The van der Waals surface area contributed by atoms with Gasteiger partial charge in [-0.05, 0) is 125 Å². The van der Waals surface area contributed by atoms with Crippen molar-refractivity contribution in [2.24, 2.45) is 14.1 Å².